The topological polar surface area (TPSA) is 21.3 Å². The number of ether oxygens (including phenoxy) is 1. The van der Waals surface area contributed by atoms with Crippen LogP contribution in [0.2, 0.25) is 0 Å². The van der Waals surface area contributed by atoms with Crippen molar-refractivity contribution in [2.24, 2.45) is 0 Å². The van der Waals surface area contributed by atoms with Crippen molar-refractivity contribution in [2.75, 3.05) is 19.9 Å². The number of rotatable bonds is 7. The van der Waals surface area contributed by atoms with E-state index in [0.29, 0.717) is 11.4 Å². The molecule has 0 amide bonds. The fourth-order valence-corrected chi connectivity index (χ4v) is 4.02. The first kappa shape index (κ1) is 15.9. The second kappa shape index (κ2) is 8.06. The third kappa shape index (κ3) is 4.51. The Balaban J connectivity index is 1.83. The van der Waals surface area contributed by atoms with Crippen molar-refractivity contribution in [3.8, 4) is 0 Å². The molecule has 0 saturated heterocycles. The van der Waals surface area contributed by atoms with E-state index in [2.05, 4.69) is 47.6 Å². The van der Waals surface area contributed by atoms with Crippen LogP contribution >= 0.6 is 11.8 Å². The van der Waals surface area contributed by atoms with E-state index in [1.54, 1.807) is 7.11 Å². The molecule has 0 heterocycles. The molecule has 0 atom stereocenters. The summed E-state index contributed by atoms with van der Waals surface area (Å²) in [5, 5.41) is 3.67. The molecule has 1 aliphatic rings. The van der Waals surface area contributed by atoms with Crippen molar-refractivity contribution in [3.05, 3.63) is 35.4 Å². The van der Waals surface area contributed by atoms with Gasteiger partial charge < -0.3 is 10.1 Å². The van der Waals surface area contributed by atoms with Crippen LogP contribution in [0.3, 0.4) is 0 Å². The Hall–Kier alpha value is -0.510. The monoisotopic (exact) mass is 293 g/mol. The zero-order chi connectivity index (χ0) is 14.3. The Kier molecular flexibility index (Phi) is 6.40. The molecule has 0 bridgehead atoms. The zero-order valence-corrected chi connectivity index (χ0v) is 13.6. The van der Waals surface area contributed by atoms with Gasteiger partial charge in [-0.25, -0.2) is 0 Å². The van der Waals surface area contributed by atoms with E-state index in [4.69, 9.17) is 4.74 Å². The minimum absolute atomic E-state index is 0.475. The van der Waals surface area contributed by atoms with Gasteiger partial charge in [-0.3, -0.25) is 0 Å². The third-order valence-corrected chi connectivity index (χ3v) is 5.70. The molecule has 2 rings (SSSR count). The van der Waals surface area contributed by atoms with Crippen LogP contribution in [0.5, 0.6) is 0 Å². The lowest BCUT2D eigenvalue weighted by Crippen LogP contribution is -2.39. The van der Waals surface area contributed by atoms with Crippen LogP contribution in [0.25, 0.3) is 0 Å². The van der Waals surface area contributed by atoms with Crippen LogP contribution in [0.4, 0.5) is 0 Å². The first-order valence-electron chi connectivity index (χ1n) is 7.61. The van der Waals surface area contributed by atoms with Gasteiger partial charge in [-0.2, -0.15) is 11.8 Å². The molecule has 1 aromatic carbocycles. The van der Waals surface area contributed by atoms with E-state index >= 15 is 0 Å². The molecule has 20 heavy (non-hydrogen) atoms. The summed E-state index contributed by atoms with van der Waals surface area (Å²) >= 11 is 2.06. The predicted octanol–water partition coefficient (Wildman–Crippen LogP) is 3.99. The average Bonchev–Trinajstić information content (AvgIpc) is 2.49. The summed E-state index contributed by atoms with van der Waals surface area (Å²) in [6.45, 7) is 2.78. The number of benzene rings is 1. The van der Waals surface area contributed by atoms with E-state index in [1.807, 2.05) is 0 Å². The molecule has 3 heteroatoms. The van der Waals surface area contributed by atoms with Crippen molar-refractivity contribution >= 4 is 11.8 Å². The van der Waals surface area contributed by atoms with Gasteiger partial charge in [-0.15, -0.1) is 0 Å². The van der Waals surface area contributed by atoms with Gasteiger partial charge >= 0.3 is 0 Å². The van der Waals surface area contributed by atoms with E-state index in [9.17, 15) is 0 Å². The molecule has 0 unspecified atom stereocenters. The van der Waals surface area contributed by atoms with Crippen molar-refractivity contribution in [1.82, 2.24) is 5.32 Å². The fraction of sp³-hybridized carbons (Fsp3) is 0.647. The zero-order valence-electron chi connectivity index (χ0n) is 12.8. The maximum absolute atomic E-state index is 5.19. The molecule has 1 saturated carbocycles. The first-order valence-corrected chi connectivity index (χ1v) is 8.83. The summed E-state index contributed by atoms with van der Waals surface area (Å²) in [6.07, 6.45) is 9.21. The van der Waals surface area contributed by atoms with E-state index in [0.717, 1.165) is 13.1 Å². The van der Waals surface area contributed by atoms with Crippen molar-refractivity contribution in [3.63, 3.8) is 0 Å². The number of hydrogen-bond donors (Lipinski definition) is 1. The minimum atomic E-state index is 0.475. The van der Waals surface area contributed by atoms with E-state index in [-0.39, 0.29) is 0 Å². The Bertz CT molecular complexity index is 402. The molecule has 1 aliphatic carbocycles. The van der Waals surface area contributed by atoms with Crippen molar-refractivity contribution in [1.29, 1.82) is 0 Å². The molecular weight excluding hydrogens is 266 g/mol. The largest absolute Gasteiger partial charge is 0.380 e. The maximum Gasteiger partial charge on any atom is 0.0713 e. The smallest absolute Gasteiger partial charge is 0.0713 e. The number of thioether (sulfide) groups is 1. The fourth-order valence-electron chi connectivity index (χ4n) is 3.08. The molecule has 0 spiro atoms. The summed E-state index contributed by atoms with van der Waals surface area (Å²) in [7, 11) is 1.75. The van der Waals surface area contributed by atoms with E-state index in [1.165, 1.54) is 43.2 Å². The first-order chi connectivity index (χ1) is 9.78. The minimum Gasteiger partial charge on any atom is -0.380 e. The van der Waals surface area contributed by atoms with Crippen molar-refractivity contribution in [2.45, 2.75) is 50.0 Å². The molecular formula is C17H27NOS. The molecule has 0 radical (unpaired) electrons. The molecule has 112 valence electrons. The van der Waals surface area contributed by atoms with Crippen LogP contribution in [0.15, 0.2) is 24.3 Å². The predicted molar refractivity (Wildman–Crippen MR) is 88.2 cm³/mol. The van der Waals surface area contributed by atoms with Crippen LogP contribution in [-0.2, 0) is 17.9 Å². The number of nitrogens with one attached hydrogen (secondary N) is 1. The summed E-state index contributed by atoms with van der Waals surface area (Å²) in [4.78, 5) is 0. The number of hydrogen-bond acceptors (Lipinski definition) is 3. The van der Waals surface area contributed by atoms with E-state index < -0.39 is 0 Å². The van der Waals surface area contributed by atoms with Gasteiger partial charge in [0.1, 0.15) is 0 Å². The molecule has 1 aromatic rings. The van der Waals surface area contributed by atoms with Gasteiger partial charge in [0.05, 0.1) is 6.61 Å². The van der Waals surface area contributed by atoms with Crippen LogP contribution < -0.4 is 5.32 Å². The standard InChI is InChI=1S/C17H27NOS/c1-19-13-16-8-6-7-15(11-16)12-18-14-17(20-2)9-4-3-5-10-17/h6-8,11,18H,3-5,9-10,12-14H2,1-2H3. The molecule has 0 aromatic heterocycles. The second-order valence-electron chi connectivity index (χ2n) is 5.80. The SMILES string of the molecule is COCc1cccc(CNCC2(SC)CCCCC2)c1. The highest BCUT2D eigenvalue weighted by molar-refractivity contribution is 8.00. The molecule has 1 N–H and O–H groups in total. The normalized spacial score (nSPS) is 18.1. The molecule has 2 nitrogen and oxygen atoms in total. The van der Waals surface area contributed by atoms with Crippen LogP contribution in [0.1, 0.15) is 43.2 Å². The lowest BCUT2D eigenvalue weighted by Gasteiger charge is -2.36. The summed E-state index contributed by atoms with van der Waals surface area (Å²) in [5.41, 5.74) is 2.61. The van der Waals surface area contributed by atoms with Gasteiger partial charge in [0.15, 0.2) is 0 Å². The highest BCUT2D eigenvalue weighted by atomic mass is 32.2. The molecule has 1 fully saturated rings. The summed E-state index contributed by atoms with van der Waals surface area (Å²) in [5.74, 6) is 0. The van der Waals surface area contributed by atoms with Crippen LogP contribution in [0, 0.1) is 0 Å². The van der Waals surface area contributed by atoms with Gasteiger partial charge in [0.2, 0.25) is 0 Å². The lowest BCUT2D eigenvalue weighted by molar-refractivity contribution is 0.185. The third-order valence-electron chi connectivity index (χ3n) is 4.28. The molecule has 0 aliphatic heterocycles. The van der Waals surface area contributed by atoms with Gasteiger partial charge in [-0.05, 0) is 30.2 Å². The summed E-state index contributed by atoms with van der Waals surface area (Å²) in [6, 6.07) is 8.68. The highest BCUT2D eigenvalue weighted by Crippen LogP contribution is 2.37. The Morgan fingerprint density at radius 3 is 2.65 bits per heavy atom. The maximum atomic E-state index is 5.19. The quantitative estimate of drug-likeness (QED) is 0.821. The van der Waals surface area contributed by atoms with Crippen LogP contribution in [-0.4, -0.2) is 24.7 Å². The second-order valence-corrected chi connectivity index (χ2v) is 7.08. The number of methoxy groups -OCH3 is 1. The average molecular weight is 293 g/mol. The van der Waals surface area contributed by atoms with Crippen molar-refractivity contribution < 1.29 is 4.74 Å². The Labute approximate surface area is 127 Å². The lowest BCUT2D eigenvalue weighted by atomic mass is 9.88. The highest BCUT2D eigenvalue weighted by Gasteiger charge is 2.30. The summed E-state index contributed by atoms with van der Waals surface area (Å²) < 4.78 is 5.67. The van der Waals surface area contributed by atoms with Gasteiger partial charge in [-0.1, -0.05) is 43.5 Å². The Morgan fingerprint density at radius 1 is 1.20 bits per heavy atom. The Morgan fingerprint density at radius 2 is 1.95 bits per heavy atom. The van der Waals surface area contributed by atoms with Gasteiger partial charge in [0.25, 0.3) is 0 Å². The van der Waals surface area contributed by atoms with Gasteiger partial charge in [0, 0.05) is 24.9 Å².